The Morgan fingerprint density at radius 3 is 1.94 bits per heavy atom. The second kappa shape index (κ2) is 7.34. The molecule has 0 bridgehead atoms. The van der Waals surface area contributed by atoms with Gasteiger partial charge in [0.05, 0.1) is 14.1 Å². The summed E-state index contributed by atoms with van der Waals surface area (Å²) in [6.45, 7) is 4.04. The third kappa shape index (κ3) is 4.56. The normalized spacial score (nSPS) is 16.1. The molecule has 0 rings (SSSR count). The first-order chi connectivity index (χ1) is 7.81. The Bertz CT molecular complexity index is 301. The minimum Gasteiger partial charge on any atom is -0.743 e. The van der Waals surface area contributed by atoms with Crippen LogP contribution in [0.25, 0.3) is 0 Å². The summed E-state index contributed by atoms with van der Waals surface area (Å²) >= 11 is 0. The van der Waals surface area contributed by atoms with Crippen molar-refractivity contribution in [1.29, 1.82) is 0 Å². The standard InChI is InChI=1S/C12H27NO3S/c1-5-7-8-9-11-12(10-6-2,13(3)4)17(14,15)16/h5-11H2,1-4H3,(H,14,15,16). The molecule has 4 nitrogen and oxygen atoms in total. The third-order valence-corrected chi connectivity index (χ3v) is 5.25. The van der Waals surface area contributed by atoms with Crippen molar-refractivity contribution in [2.45, 2.75) is 63.7 Å². The van der Waals surface area contributed by atoms with Crippen LogP contribution in [-0.2, 0) is 10.1 Å². The molecule has 0 spiro atoms. The van der Waals surface area contributed by atoms with Crippen molar-refractivity contribution in [3.05, 3.63) is 0 Å². The maximum Gasteiger partial charge on any atom is 0.186 e. The predicted octanol–water partition coefficient (Wildman–Crippen LogP) is 1.14. The molecule has 0 aliphatic rings. The largest absolute Gasteiger partial charge is 0.743 e. The van der Waals surface area contributed by atoms with E-state index in [1.807, 2.05) is 6.92 Å². The molecular formula is C12H27NO3S. The first kappa shape index (κ1) is 16.9. The molecule has 104 valence electrons. The zero-order valence-corrected chi connectivity index (χ0v) is 12.4. The monoisotopic (exact) mass is 265 g/mol. The average Bonchev–Trinajstić information content (AvgIpc) is 2.20. The minimum absolute atomic E-state index is 0.452. The van der Waals surface area contributed by atoms with E-state index in [2.05, 4.69) is 6.92 Å². The number of unbranched alkanes of at least 4 members (excludes halogenated alkanes) is 3. The molecule has 17 heavy (non-hydrogen) atoms. The number of quaternary nitrogens is 1. The lowest BCUT2D eigenvalue weighted by Crippen LogP contribution is -3.16. The van der Waals surface area contributed by atoms with E-state index in [1.54, 1.807) is 14.1 Å². The highest BCUT2D eigenvalue weighted by molar-refractivity contribution is 7.86. The van der Waals surface area contributed by atoms with Crippen LogP contribution in [0.1, 0.15) is 58.8 Å². The molecule has 5 heteroatoms. The Hall–Kier alpha value is -0.130. The van der Waals surface area contributed by atoms with Crippen LogP contribution in [0.5, 0.6) is 0 Å². The quantitative estimate of drug-likeness (QED) is 0.502. The van der Waals surface area contributed by atoms with Crippen molar-refractivity contribution >= 4 is 10.1 Å². The molecule has 0 saturated carbocycles. The van der Waals surface area contributed by atoms with Gasteiger partial charge in [-0.2, -0.15) is 0 Å². The zero-order chi connectivity index (χ0) is 13.5. The molecule has 0 aromatic heterocycles. The second-order valence-electron chi connectivity index (χ2n) is 5.01. The molecule has 0 aromatic rings. The maximum absolute atomic E-state index is 11.6. The van der Waals surface area contributed by atoms with Gasteiger partial charge in [0.15, 0.2) is 15.0 Å². The van der Waals surface area contributed by atoms with Crippen LogP contribution in [0, 0.1) is 0 Å². The van der Waals surface area contributed by atoms with E-state index in [0.717, 1.165) is 37.0 Å². The van der Waals surface area contributed by atoms with Crippen LogP contribution >= 0.6 is 0 Å². The highest BCUT2D eigenvalue weighted by atomic mass is 32.2. The van der Waals surface area contributed by atoms with Crippen LogP contribution in [0.2, 0.25) is 0 Å². The van der Waals surface area contributed by atoms with Gasteiger partial charge >= 0.3 is 0 Å². The summed E-state index contributed by atoms with van der Waals surface area (Å²) in [5.74, 6) is 0. The first-order valence-electron chi connectivity index (χ1n) is 6.58. The Morgan fingerprint density at radius 2 is 1.59 bits per heavy atom. The van der Waals surface area contributed by atoms with Gasteiger partial charge in [0.1, 0.15) is 0 Å². The van der Waals surface area contributed by atoms with Gasteiger partial charge in [-0.3, -0.25) is 0 Å². The van der Waals surface area contributed by atoms with Crippen molar-refractivity contribution in [2.24, 2.45) is 0 Å². The van der Waals surface area contributed by atoms with Gasteiger partial charge in [-0.25, -0.2) is 8.42 Å². The summed E-state index contributed by atoms with van der Waals surface area (Å²) in [6, 6.07) is 0. The van der Waals surface area contributed by atoms with E-state index in [4.69, 9.17) is 0 Å². The molecule has 0 aliphatic heterocycles. The summed E-state index contributed by atoms with van der Waals surface area (Å²) < 4.78 is 34.7. The van der Waals surface area contributed by atoms with Gasteiger partial charge in [0, 0.05) is 12.8 Å². The van der Waals surface area contributed by atoms with E-state index >= 15 is 0 Å². The number of hydrogen-bond acceptors (Lipinski definition) is 3. The van der Waals surface area contributed by atoms with Crippen LogP contribution in [0.15, 0.2) is 0 Å². The van der Waals surface area contributed by atoms with E-state index in [9.17, 15) is 13.0 Å². The molecule has 1 unspecified atom stereocenters. The van der Waals surface area contributed by atoms with Gasteiger partial charge in [-0.05, 0) is 12.8 Å². The van der Waals surface area contributed by atoms with Crippen LogP contribution in [-0.4, -0.2) is 31.9 Å². The summed E-state index contributed by atoms with van der Waals surface area (Å²) in [5, 5.41) is 0. The predicted molar refractivity (Wildman–Crippen MR) is 68.9 cm³/mol. The van der Waals surface area contributed by atoms with Gasteiger partial charge in [-0.15, -0.1) is 0 Å². The highest BCUT2D eigenvalue weighted by Gasteiger charge is 2.42. The van der Waals surface area contributed by atoms with Crippen molar-refractivity contribution in [1.82, 2.24) is 0 Å². The number of hydrogen-bond donors (Lipinski definition) is 1. The lowest BCUT2D eigenvalue weighted by Gasteiger charge is -2.38. The third-order valence-electron chi connectivity index (χ3n) is 3.48. The molecule has 0 amide bonds. The fraction of sp³-hybridized carbons (Fsp3) is 1.00. The Morgan fingerprint density at radius 1 is 1.00 bits per heavy atom. The van der Waals surface area contributed by atoms with Crippen molar-refractivity contribution in [3.63, 3.8) is 0 Å². The van der Waals surface area contributed by atoms with Gasteiger partial charge in [-0.1, -0.05) is 33.1 Å². The minimum atomic E-state index is -4.26. The van der Waals surface area contributed by atoms with E-state index in [0.29, 0.717) is 12.8 Å². The molecule has 1 N–H and O–H groups in total. The fourth-order valence-electron chi connectivity index (χ4n) is 2.37. The van der Waals surface area contributed by atoms with Crippen molar-refractivity contribution in [2.75, 3.05) is 14.1 Å². The second-order valence-corrected chi connectivity index (χ2v) is 6.70. The SMILES string of the molecule is CCCCCCC(CCC)([NH+](C)C)S(=O)(=O)[O-]. The van der Waals surface area contributed by atoms with E-state index in [1.165, 1.54) is 0 Å². The topological polar surface area (TPSA) is 61.6 Å². The van der Waals surface area contributed by atoms with Crippen LogP contribution < -0.4 is 4.90 Å². The van der Waals surface area contributed by atoms with Crippen molar-refractivity contribution < 1.29 is 17.9 Å². The first-order valence-corrected chi connectivity index (χ1v) is 7.98. The smallest absolute Gasteiger partial charge is 0.186 e. The molecule has 0 fully saturated rings. The van der Waals surface area contributed by atoms with Crippen molar-refractivity contribution in [3.8, 4) is 0 Å². The molecule has 0 saturated heterocycles. The molecule has 0 aliphatic carbocycles. The molecular weight excluding hydrogens is 238 g/mol. The van der Waals surface area contributed by atoms with E-state index in [-0.39, 0.29) is 0 Å². The zero-order valence-electron chi connectivity index (χ0n) is 11.6. The highest BCUT2D eigenvalue weighted by Crippen LogP contribution is 2.23. The molecule has 0 heterocycles. The molecule has 0 radical (unpaired) electrons. The Labute approximate surface area is 106 Å². The maximum atomic E-state index is 11.6. The fourth-order valence-corrected chi connectivity index (χ4v) is 3.71. The van der Waals surface area contributed by atoms with Gasteiger partial charge in [0.2, 0.25) is 0 Å². The molecule has 1 atom stereocenters. The summed E-state index contributed by atoms with van der Waals surface area (Å²) in [6.07, 6.45) is 5.69. The lowest BCUT2D eigenvalue weighted by atomic mass is 10.0. The van der Waals surface area contributed by atoms with Gasteiger partial charge in [0.25, 0.3) is 0 Å². The lowest BCUT2D eigenvalue weighted by molar-refractivity contribution is -0.899. The Balaban J connectivity index is 4.81. The summed E-state index contributed by atoms with van der Waals surface area (Å²) in [7, 11) is -0.725. The summed E-state index contributed by atoms with van der Waals surface area (Å²) in [4.78, 5) is -0.388. The van der Waals surface area contributed by atoms with Crippen LogP contribution in [0.4, 0.5) is 0 Å². The number of rotatable bonds is 9. The summed E-state index contributed by atoms with van der Waals surface area (Å²) in [5.41, 5.74) is 0. The van der Waals surface area contributed by atoms with Crippen LogP contribution in [0.3, 0.4) is 0 Å². The average molecular weight is 265 g/mol. The van der Waals surface area contributed by atoms with E-state index < -0.39 is 15.0 Å². The van der Waals surface area contributed by atoms with Gasteiger partial charge < -0.3 is 9.45 Å². The number of nitrogens with one attached hydrogen (secondary N) is 1. The Kier molecular flexibility index (Phi) is 7.28. The molecule has 0 aromatic carbocycles.